The molecule has 0 spiro atoms. The molecule has 4 rings (SSSR count). The van der Waals surface area contributed by atoms with Gasteiger partial charge in [0.15, 0.2) is 0 Å². The Hall–Kier alpha value is -2.22. The summed E-state index contributed by atoms with van der Waals surface area (Å²) in [5, 5.41) is 5.00. The fraction of sp³-hybridized carbons (Fsp3) is 0.409. The molecule has 1 aliphatic rings. The van der Waals surface area contributed by atoms with Gasteiger partial charge in [0.05, 0.1) is 16.6 Å². The van der Waals surface area contributed by atoms with Crippen LogP contribution in [0.3, 0.4) is 0 Å². The maximum Gasteiger partial charge on any atom is 0.283 e. The molecule has 7 heteroatoms. The van der Waals surface area contributed by atoms with Gasteiger partial charge in [0, 0.05) is 24.5 Å². The summed E-state index contributed by atoms with van der Waals surface area (Å²) in [7, 11) is -1.58. The van der Waals surface area contributed by atoms with Gasteiger partial charge in [0.2, 0.25) is 0 Å². The van der Waals surface area contributed by atoms with Crippen LogP contribution >= 0.6 is 0 Å². The quantitative estimate of drug-likeness (QED) is 0.615. The van der Waals surface area contributed by atoms with Gasteiger partial charge < -0.3 is 10.6 Å². The second-order valence-corrected chi connectivity index (χ2v) is 9.94. The van der Waals surface area contributed by atoms with Gasteiger partial charge in [0.25, 0.3) is 10.0 Å². The molecule has 0 radical (unpaired) electrons. The zero-order valence-electron chi connectivity index (χ0n) is 17.0. The molecular formula is C22H28N4O2S. The fourth-order valence-corrected chi connectivity index (χ4v) is 5.01. The first-order valence-corrected chi connectivity index (χ1v) is 11.5. The van der Waals surface area contributed by atoms with E-state index in [4.69, 9.17) is 5.73 Å². The summed E-state index contributed by atoms with van der Waals surface area (Å²) in [6, 6.07) is 13.0. The second-order valence-electron chi connectivity index (χ2n) is 8.18. The molecule has 29 heavy (non-hydrogen) atoms. The first kappa shape index (κ1) is 20.1. The van der Waals surface area contributed by atoms with Gasteiger partial charge >= 0.3 is 0 Å². The number of fused-ring (bicyclic) bond motifs is 1. The normalized spacial score (nSPS) is 15.9. The number of benzene rings is 2. The molecule has 1 saturated carbocycles. The van der Waals surface area contributed by atoms with Crippen LogP contribution in [0.15, 0.2) is 53.6 Å². The van der Waals surface area contributed by atoms with E-state index in [2.05, 4.69) is 17.0 Å². The van der Waals surface area contributed by atoms with Crippen LogP contribution in [0.1, 0.15) is 24.0 Å². The minimum Gasteiger partial charge on any atom is -0.329 e. The smallest absolute Gasteiger partial charge is 0.283 e. The Labute approximate surface area is 172 Å². The van der Waals surface area contributed by atoms with E-state index in [-0.39, 0.29) is 10.9 Å². The molecule has 0 bridgehead atoms. The van der Waals surface area contributed by atoms with E-state index >= 15 is 0 Å². The number of aryl methyl sites for hydroxylation is 1. The van der Waals surface area contributed by atoms with Crippen LogP contribution in [0.4, 0.5) is 0 Å². The SMILES string of the molecule is Cc1ccc(S(=O)(=O)n2ncc3cc(CC(CN)N(C)CC4CC4)ccc32)cc1. The van der Waals surface area contributed by atoms with Crippen LogP contribution in [0.2, 0.25) is 0 Å². The Morgan fingerprint density at radius 3 is 2.59 bits per heavy atom. The van der Waals surface area contributed by atoms with E-state index in [0.717, 1.165) is 39.5 Å². The van der Waals surface area contributed by atoms with Gasteiger partial charge in [-0.3, -0.25) is 0 Å². The Bertz CT molecular complexity index is 1100. The van der Waals surface area contributed by atoms with Crippen molar-refractivity contribution >= 4 is 20.9 Å². The second kappa shape index (κ2) is 7.89. The molecule has 1 atom stereocenters. The van der Waals surface area contributed by atoms with E-state index in [0.29, 0.717) is 12.1 Å². The molecule has 1 aromatic heterocycles. The lowest BCUT2D eigenvalue weighted by Gasteiger charge is -2.27. The Balaban J connectivity index is 1.59. The zero-order chi connectivity index (χ0) is 20.6. The molecule has 2 N–H and O–H groups in total. The third kappa shape index (κ3) is 4.22. The Morgan fingerprint density at radius 2 is 1.93 bits per heavy atom. The van der Waals surface area contributed by atoms with Gasteiger partial charge in [0.1, 0.15) is 0 Å². The predicted octanol–water partition coefficient (Wildman–Crippen LogP) is 2.79. The van der Waals surface area contributed by atoms with Crippen molar-refractivity contribution in [3.8, 4) is 0 Å². The van der Waals surface area contributed by atoms with Crippen molar-refractivity contribution in [1.82, 2.24) is 14.1 Å². The summed E-state index contributed by atoms with van der Waals surface area (Å²) in [5.41, 5.74) is 8.77. The van der Waals surface area contributed by atoms with Gasteiger partial charge in [-0.15, -0.1) is 0 Å². The van der Waals surface area contributed by atoms with Crippen LogP contribution in [0, 0.1) is 12.8 Å². The average molecular weight is 413 g/mol. The number of nitrogens with zero attached hydrogens (tertiary/aromatic N) is 3. The zero-order valence-corrected chi connectivity index (χ0v) is 17.8. The highest BCUT2D eigenvalue weighted by Crippen LogP contribution is 2.30. The summed E-state index contributed by atoms with van der Waals surface area (Å²) in [6.07, 6.45) is 5.10. The van der Waals surface area contributed by atoms with Gasteiger partial charge in [-0.25, -0.2) is 0 Å². The summed E-state index contributed by atoms with van der Waals surface area (Å²) >= 11 is 0. The van der Waals surface area contributed by atoms with Gasteiger partial charge in [-0.1, -0.05) is 23.8 Å². The maximum absolute atomic E-state index is 13.0. The molecular weight excluding hydrogens is 384 g/mol. The minimum atomic E-state index is -3.72. The first-order valence-electron chi connectivity index (χ1n) is 10.1. The predicted molar refractivity (Wildman–Crippen MR) is 115 cm³/mol. The largest absolute Gasteiger partial charge is 0.329 e. The van der Waals surface area contributed by atoms with Crippen LogP contribution in [0.25, 0.3) is 10.9 Å². The molecule has 1 fully saturated rings. The van der Waals surface area contributed by atoms with Crippen LogP contribution in [-0.4, -0.2) is 48.7 Å². The van der Waals surface area contributed by atoms with E-state index in [1.54, 1.807) is 30.5 Å². The Morgan fingerprint density at radius 1 is 1.21 bits per heavy atom. The number of rotatable bonds is 8. The number of nitrogens with two attached hydrogens (primary N) is 1. The topological polar surface area (TPSA) is 81.2 Å². The lowest BCUT2D eigenvalue weighted by molar-refractivity contribution is 0.236. The number of likely N-dealkylation sites (N-methyl/N-ethyl adjacent to an activating group) is 1. The fourth-order valence-electron chi connectivity index (χ4n) is 3.73. The minimum absolute atomic E-state index is 0.238. The molecule has 0 aliphatic heterocycles. The van der Waals surface area contributed by atoms with Gasteiger partial charge in [-0.05, 0) is 69.0 Å². The van der Waals surface area contributed by atoms with Crippen molar-refractivity contribution in [3.63, 3.8) is 0 Å². The van der Waals surface area contributed by atoms with E-state index in [9.17, 15) is 8.42 Å². The number of aromatic nitrogens is 2. The lowest BCUT2D eigenvalue weighted by atomic mass is 10.0. The van der Waals surface area contributed by atoms with Crippen LogP contribution in [-0.2, 0) is 16.4 Å². The van der Waals surface area contributed by atoms with Crippen molar-refractivity contribution in [2.45, 2.75) is 37.1 Å². The molecule has 1 aliphatic carbocycles. The average Bonchev–Trinajstić information content (AvgIpc) is 3.41. The highest BCUT2D eigenvalue weighted by Gasteiger charge is 2.26. The standard InChI is InChI=1S/C22H28N4O2S/c1-16-3-8-21(9-4-16)29(27,28)26-22-10-7-18(11-19(22)14-24-26)12-20(13-23)25(2)15-17-5-6-17/h3-4,7-11,14,17,20H,5-6,12-13,15,23H2,1-2H3. The van der Waals surface area contributed by atoms with E-state index in [1.165, 1.54) is 12.8 Å². The molecule has 0 amide bonds. The summed E-state index contributed by atoms with van der Waals surface area (Å²) in [5.74, 6) is 0.821. The molecule has 1 unspecified atom stereocenters. The van der Waals surface area contributed by atoms with Crippen molar-refractivity contribution in [2.75, 3.05) is 20.1 Å². The molecule has 3 aromatic rings. The van der Waals surface area contributed by atoms with Crippen LogP contribution in [0.5, 0.6) is 0 Å². The third-order valence-corrected chi connectivity index (χ3v) is 7.37. The van der Waals surface area contributed by atoms with Crippen molar-refractivity contribution in [1.29, 1.82) is 0 Å². The highest BCUT2D eigenvalue weighted by molar-refractivity contribution is 7.90. The molecule has 6 nitrogen and oxygen atoms in total. The van der Waals surface area contributed by atoms with Crippen molar-refractivity contribution in [3.05, 3.63) is 59.8 Å². The Kier molecular flexibility index (Phi) is 5.46. The van der Waals surface area contributed by atoms with Crippen LogP contribution < -0.4 is 5.73 Å². The number of hydrogen-bond acceptors (Lipinski definition) is 5. The van der Waals surface area contributed by atoms with Crippen molar-refractivity contribution < 1.29 is 8.42 Å². The summed E-state index contributed by atoms with van der Waals surface area (Å²) < 4.78 is 27.1. The highest BCUT2D eigenvalue weighted by atomic mass is 32.2. The first-order chi connectivity index (χ1) is 13.9. The molecule has 2 aromatic carbocycles. The monoisotopic (exact) mass is 412 g/mol. The van der Waals surface area contributed by atoms with E-state index in [1.807, 2.05) is 25.1 Å². The van der Waals surface area contributed by atoms with Gasteiger partial charge in [-0.2, -0.15) is 17.6 Å². The summed E-state index contributed by atoms with van der Waals surface area (Å²) in [4.78, 5) is 2.59. The molecule has 154 valence electrons. The maximum atomic E-state index is 13.0. The van der Waals surface area contributed by atoms with Crippen molar-refractivity contribution in [2.24, 2.45) is 11.7 Å². The lowest BCUT2D eigenvalue weighted by Crippen LogP contribution is -2.40. The summed E-state index contributed by atoms with van der Waals surface area (Å²) in [6.45, 7) is 3.62. The number of hydrogen-bond donors (Lipinski definition) is 1. The van der Waals surface area contributed by atoms with E-state index < -0.39 is 10.0 Å². The molecule has 0 saturated heterocycles. The third-order valence-electron chi connectivity index (χ3n) is 5.76. The molecule has 1 heterocycles.